The van der Waals surface area contributed by atoms with Crippen LogP contribution in [0.4, 0.5) is 0 Å². The van der Waals surface area contributed by atoms with Gasteiger partial charge in [0.05, 0.1) is 5.41 Å². The summed E-state index contributed by atoms with van der Waals surface area (Å²) in [5.41, 5.74) is 0.00398. The normalized spacial score (nSPS) is 25.7. The van der Waals surface area contributed by atoms with Gasteiger partial charge in [0.1, 0.15) is 0 Å². The number of hydrogen-bond donors (Lipinski definition) is 1. The van der Waals surface area contributed by atoms with E-state index in [9.17, 15) is 9.90 Å². The van der Waals surface area contributed by atoms with Crippen LogP contribution in [0.2, 0.25) is 0 Å². The molecule has 2 heteroatoms. The molecular weight excluding hydrogens is 224 g/mol. The fourth-order valence-electron chi connectivity index (χ4n) is 3.05. The van der Waals surface area contributed by atoms with Gasteiger partial charge in [-0.15, -0.1) is 0 Å². The van der Waals surface area contributed by atoms with E-state index in [-0.39, 0.29) is 0 Å². The van der Waals surface area contributed by atoms with Gasteiger partial charge in [0.15, 0.2) is 0 Å². The lowest BCUT2D eigenvalue weighted by molar-refractivity contribution is -0.149. The number of carbonyl (C=O) groups is 1. The van der Waals surface area contributed by atoms with Crippen molar-refractivity contribution in [2.75, 3.05) is 0 Å². The van der Waals surface area contributed by atoms with Gasteiger partial charge in [-0.05, 0) is 38.0 Å². The van der Waals surface area contributed by atoms with Crippen LogP contribution >= 0.6 is 0 Å². The van der Waals surface area contributed by atoms with Crippen LogP contribution in [0.3, 0.4) is 0 Å². The molecule has 0 bridgehead atoms. The van der Waals surface area contributed by atoms with Crippen LogP contribution in [-0.4, -0.2) is 11.1 Å². The minimum absolute atomic E-state index is 0.477. The van der Waals surface area contributed by atoms with E-state index in [2.05, 4.69) is 13.8 Å². The molecule has 1 fully saturated rings. The van der Waals surface area contributed by atoms with Crippen LogP contribution in [0.5, 0.6) is 0 Å². The highest BCUT2D eigenvalue weighted by molar-refractivity contribution is 5.74. The molecule has 1 aliphatic carbocycles. The van der Waals surface area contributed by atoms with E-state index in [0.717, 1.165) is 25.7 Å². The van der Waals surface area contributed by atoms with Crippen LogP contribution in [0.1, 0.15) is 85.0 Å². The van der Waals surface area contributed by atoms with Crippen molar-refractivity contribution < 1.29 is 9.90 Å². The monoisotopic (exact) mass is 254 g/mol. The molecule has 1 aliphatic rings. The largest absolute Gasteiger partial charge is 0.481 e. The zero-order chi connectivity index (χ0) is 13.6. The molecule has 0 unspecified atom stereocenters. The molecule has 2 nitrogen and oxygen atoms in total. The van der Waals surface area contributed by atoms with Gasteiger partial charge in [-0.3, -0.25) is 4.79 Å². The van der Waals surface area contributed by atoms with Crippen LogP contribution in [-0.2, 0) is 4.79 Å². The number of carboxylic acid groups (broad SMARTS) is 1. The third kappa shape index (κ3) is 4.99. The maximum Gasteiger partial charge on any atom is 0.309 e. The SMILES string of the molecule is CC1(C)CCCCCC(C)(C(=O)O)CCCCC1. The molecule has 0 saturated heterocycles. The Hall–Kier alpha value is -0.530. The molecule has 0 aromatic rings. The van der Waals surface area contributed by atoms with Crippen LogP contribution in [0.15, 0.2) is 0 Å². The summed E-state index contributed by atoms with van der Waals surface area (Å²) in [6.45, 7) is 6.69. The summed E-state index contributed by atoms with van der Waals surface area (Å²) < 4.78 is 0. The van der Waals surface area contributed by atoms with Crippen molar-refractivity contribution in [1.82, 2.24) is 0 Å². The van der Waals surface area contributed by atoms with Crippen molar-refractivity contribution in [3.05, 3.63) is 0 Å². The van der Waals surface area contributed by atoms with E-state index >= 15 is 0 Å². The summed E-state index contributed by atoms with van der Waals surface area (Å²) in [5.74, 6) is -0.597. The number of rotatable bonds is 1. The highest BCUT2D eigenvalue weighted by Crippen LogP contribution is 2.35. The molecule has 0 amide bonds. The second kappa shape index (κ2) is 6.58. The first kappa shape index (κ1) is 15.5. The molecule has 1 rings (SSSR count). The minimum atomic E-state index is -0.597. The summed E-state index contributed by atoms with van der Waals surface area (Å²) in [6.07, 6.45) is 11.3. The fraction of sp³-hybridized carbons (Fsp3) is 0.938. The van der Waals surface area contributed by atoms with Crippen molar-refractivity contribution >= 4 is 5.97 Å². The Morgan fingerprint density at radius 3 is 1.56 bits per heavy atom. The molecule has 0 aliphatic heterocycles. The third-order valence-corrected chi connectivity index (χ3v) is 4.68. The molecule has 0 aromatic heterocycles. The predicted molar refractivity (Wildman–Crippen MR) is 75.7 cm³/mol. The van der Waals surface area contributed by atoms with E-state index in [4.69, 9.17) is 0 Å². The second-order valence-electron chi connectivity index (χ2n) is 7.15. The number of carboxylic acids is 1. The average Bonchev–Trinajstić information content (AvgIpc) is 2.26. The number of hydrogen-bond acceptors (Lipinski definition) is 1. The van der Waals surface area contributed by atoms with Crippen molar-refractivity contribution in [3.63, 3.8) is 0 Å². The van der Waals surface area contributed by atoms with Crippen molar-refractivity contribution in [2.45, 2.75) is 85.0 Å². The van der Waals surface area contributed by atoms with Gasteiger partial charge in [-0.1, -0.05) is 52.4 Å². The molecule has 0 atom stereocenters. The molecule has 106 valence electrons. The summed E-state index contributed by atoms with van der Waals surface area (Å²) in [7, 11) is 0. The maximum atomic E-state index is 11.4. The van der Waals surface area contributed by atoms with Gasteiger partial charge in [0.25, 0.3) is 0 Å². The fourth-order valence-corrected chi connectivity index (χ4v) is 3.05. The topological polar surface area (TPSA) is 37.3 Å². The van der Waals surface area contributed by atoms with E-state index in [1.807, 2.05) is 6.92 Å². The van der Waals surface area contributed by atoms with Gasteiger partial charge in [-0.25, -0.2) is 0 Å². The first-order valence-electron chi connectivity index (χ1n) is 7.59. The lowest BCUT2D eigenvalue weighted by Gasteiger charge is -2.28. The first-order valence-corrected chi connectivity index (χ1v) is 7.59. The Morgan fingerprint density at radius 2 is 1.17 bits per heavy atom. The Kier molecular flexibility index (Phi) is 5.68. The zero-order valence-electron chi connectivity index (χ0n) is 12.4. The van der Waals surface area contributed by atoms with Crippen LogP contribution in [0, 0.1) is 10.8 Å². The lowest BCUT2D eigenvalue weighted by Crippen LogP contribution is -2.27. The molecule has 1 N–H and O–H groups in total. The third-order valence-electron chi connectivity index (χ3n) is 4.68. The molecule has 0 aromatic carbocycles. The summed E-state index contributed by atoms with van der Waals surface area (Å²) in [5, 5.41) is 9.39. The van der Waals surface area contributed by atoms with E-state index in [1.165, 1.54) is 38.5 Å². The molecule has 0 spiro atoms. The smallest absolute Gasteiger partial charge is 0.309 e. The molecule has 1 saturated carbocycles. The van der Waals surface area contributed by atoms with Crippen molar-refractivity contribution in [3.8, 4) is 0 Å². The van der Waals surface area contributed by atoms with Gasteiger partial charge in [0.2, 0.25) is 0 Å². The molecule has 0 radical (unpaired) electrons. The van der Waals surface area contributed by atoms with Gasteiger partial charge in [0, 0.05) is 0 Å². The Balaban J connectivity index is 2.54. The summed E-state index contributed by atoms with van der Waals surface area (Å²) in [6, 6.07) is 0. The first-order chi connectivity index (χ1) is 8.36. The second-order valence-corrected chi connectivity index (χ2v) is 7.15. The quantitative estimate of drug-likeness (QED) is 0.713. The lowest BCUT2D eigenvalue weighted by atomic mass is 9.77. The van der Waals surface area contributed by atoms with E-state index in [1.54, 1.807) is 0 Å². The minimum Gasteiger partial charge on any atom is -0.481 e. The van der Waals surface area contributed by atoms with Gasteiger partial charge < -0.3 is 5.11 Å². The Morgan fingerprint density at radius 1 is 0.778 bits per heavy atom. The van der Waals surface area contributed by atoms with Crippen LogP contribution < -0.4 is 0 Å². The van der Waals surface area contributed by atoms with Gasteiger partial charge in [-0.2, -0.15) is 0 Å². The predicted octanol–water partition coefficient (Wildman–Crippen LogP) is 5.02. The van der Waals surface area contributed by atoms with Crippen molar-refractivity contribution in [2.24, 2.45) is 10.8 Å². The summed E-state index contributed by atoms with van der Waals surface area (Å²) in [4.78, 5) is 11.4. The molecule has 0 heterocycles. The summed E-state index contributed by atoms with van der Waals surface area (Å²) >= 11 is 0. The zero-order valence-corrected chi connectivity index (χ0v) is 12.4. The van der Waals surface area contributed by atoms with Crippen molar-refractivity contribution in [1.29, 1.82) is 0 Å². The number of aliphatic carboxylic acids is 1. The Labute approximate surface area is 112 Å². The van der Waals surface area contributed by atoms with E-state index in [0.29, 0.717) is 5.41 Å². The highest BCUT2D eigenvalue weighted by atomic mass is 16.4. The maximum absolute atomic E-state index is 11.4. The highest BCUT2D eigenvalue weighted by Gasteiger charge is 2.32. The molecule has 18 heavy (non-hydrogen) atoms. The van der Waals surface area contributed by atoms with Gasteiger partial charge >= 0.3 is 5.97 Å². The van der Waals surface area contributed by atoms with E-state index < -0.39 is 11.4 Å². The molecular formula is C16H30O2. The Bertz CT molecular complexity index is 252. The van der Waals surface area contributed by atoms with Crippen LogP contribution in [0.25, 0.3) is 0 Å². The average molecular weight is 254 g/mol. The standard InChI is InChI=1S/C16H30O2/c1-15(2)10-6-4-8-12-16(3,14(17)18)13-9-5-7-11-15/h4-13H2,1-3H3,(H,17,18).